The summed E-state index contributed by atoms with van der Waals surface area (Å²) in [7, 11) is 2.46. The molecule has 18 heavy (non-hydrogen) atoms. The smallest absolute Gasteiger partial charge is 0.330 e. The molecular weight excluding hydrogens is 244 g/mol. The zero-order valence-electron chi connectivity index (χ0n) is 10.6. The predicted molar refractivity (Wildman–Crippen MR) is 62.6 cm³/mol. The second-order valence-corrected chi connectivity index (χ2v) is 4.21. The van der Waals surface area contributed by atoms with Crippen molar-refractivity contribution in [3.05, 3.63) is 23.8 Å². The van der Waals surface area contributed by atoms with Crippen molar-refractivity contribution < 1.29 is 23.0 Å². The fourth-order valence-corrected chi connectivity index (χ4v) is 1.42. The van der Waals surface area contributed by atoms with Gasteiger partial charge in [-0.25, -0.2) is 13.6 Å². The summed E-state index contributed by atoms with van der Waals surface area (Å²) < 4.78 is 36.3. The van der Waals surface area contributed by atoms with Crippen molar-refractivity contribution in [3.63, 3.8) is 0 Å². The third-order valence-corrected chi connectivity index (χ3v) is 2.38. The number of hydrogen-bond donors (Lipinski definition) is 1. The maximum atomic E-state index is 13.7. The van der Waals surface area contributed by atoms with Gasteiger partial charge in [-0.1, -0.05) is 0 Å². The second kappa shape index (κ2) is 5.20. The van der Waals surface area contributed by atoms with Crippen LogP contribution < -0.4 is 10.1 Å². The zero-order chi connectivity index (χ0) is 13.9. The minimum Gasteiger partial charge on any atom is -0.494 e. The van der Waals surface area contributed by atoms with Crippen molar-refractivity contribution in [1.29, 1.82) is 0 Å². The van der Waals surface area contributed by atoms with Crippen LogP contribution in [0.5, 0.6) is 5.75 Å². The molecule has 0 atom stereocenters. The summed E-state index contributed by atoms with van der Waals surface area (Å²) in [6.07, 6.45) is 0. The molecule has 1 N–H and O–H groups in total. The highest BCUT2D eigenvalue weighted by atomic mass is 19.1. The molecule has 6 heteroatoms. The first-order valence-corrected chi connectivity index (χ1v) is 5.21. The molecule has 1 aromatic carbocycles. The number of anilines is 1. The first-order chi connectivity index (χ1) is 8.31. The van der Waals surface area contributed by atoms with Crippen LogP contribution in [-0.2, 0) is 9.53 Å². The molecule has 100 valence electrons. The Hall–Kier alpha value is -1.85. The van der Waals surface area contributed by atoms with Gasteiger partial charge in [0.1, 0.15) is 11.4 Å². The van der Waals surface area contributed by atoms with Gasteiger partial charge >= 0.3 is 5.97 Å². The molecule has 0 spiro atoms. The summed E-state index contributed by atoms with van der Waals surface area (Å²) in [5, 5.41) is 2.58. The average molecular weight is 259 g/mol. The molecule has 0 bridgehead atoms. The van der Waals surface area contributed by atoms with Crippen LogP contribution in [0.2, 0.25) is 0 Å². The van der Waals surface area contributed by atoms with Gasteiger partial charge in [-0.05, 0) is 13.8 Å². The molecule has 0 saturated carbocycles. The minimum atomic E-state index is -1.17. The highest BCUT2D eigenvalue weighted by Gasteiger charge is 2.29. The number of nitrogens with one attached hydrogen (secondary N) is 1. The Morgan fingerprint density at radius 1 is 1.22 bits per heavy atom. The van der Waals surface area contributed by atoms with Crippen LogP contribution in [0.3, 0.4) is 0 Å². The lowest BCUT2D eigenvalue weighted by molar-refractivity contribution is -0.144. The Morgan fingerprint density at radius 2 is 1.83 bits per heavy atom. The van der Waals surface area contributed by atoms with Crippen molar-refractivity contribution in [2.45, 2.75) is 19.4 Å². The van der Waals surface area contributed by atoms with E-state index in [1.54, 1.807) is 0 Å². The van der Waals surface area contributed by atoms with Crippen LogP contribution in [0.25, 0.3) is 0 Å². The molecule has 0 aliphatic rings. The molecular formula is C12H15F2NO3. The van der Waals surface area contributed by atoms with Gasteiger partial charge in [0.25, 0.3) is 0 Å². The van der Waals surface area contributed by atoms with E-state index < -0.39 is 23.1 Å². The van der Waals surface area contributed by atoms with E-state index in [-0.39, 0.29) is 11.4 Å². The third kappa shape index (κ3) is 2.88. The number of benzene rings is 1. The summed E-state index contributed by atoms with van der Waals surface area (Å²) in [6.45, 7) is 3.00. The second-order valence-electron chi connectivity index (χ2n) is 4.21. The number of esters is 1. The number of methoxy groups -OCH3 is 2. The number of halogens is 2. The molecule has 0 aliphatic heterocycles. The van der Waals surface area contributed by atoms with Crippen LogP contribution >= 0.6 is 0 Å². The topological polar surface area (TPSA) is 47.6 Å². The van der Waals surface area contributed by atoms with Crippen molar-refractivity contribution in [3.8, 4) is 5.75 Å². The Labute approximate surface area is 104 Å². The fraction of sp³-hybridized carbons (Fsp3) is 0.417. The maximum Gasteiger partial charge on any atom is 0.330 e. The Morgan fingerprint density at radius 3 is 2.33 bits per heavy atom. The molecule has 0 aliphatic carbocycles. The quantitative estimate of drug-likeness (QED) is 0.843. The van der Waals surface area contributed by atoms with E-state index in [1.807, 2.05) is 0 Å². The molecule has 0 radical (unpaired) electrons. The van der Waals surface area contributed by atoms with Crippen molar-refractivity contribution in [2.75, 3.05) is 19.5 Å². The zero-order valence-corrected chi connectivity index (χ0v) is 10.6. The summed E-state index contributed by atoms with van der Waals surface area (Å²) in [6, 6.07) is 1.84. The number of rotatable bonds is 4. The van der Waals surface area contributed by atoms with Crippen LogP contribution in [0.1, 0.15) is 13.8 Å². The summed E-state index contributed by atoms with van der Waals surface area (Å²) >= 11 is 0. The lowest BCUT2D eigenvalue weighted by Crippen LogP contribution is -2.41. The van der Waals surface area contributed by atoms with Gasteiger partial charge in [0, 0.05) is 12.1 Å². The van der Waals surface area contributed by atoms with E-state index in [2.05, 4.69) is 14.8 Å². The summed E-state index contributed by atoms with van der Waals surface area (Å²) in [4.78, 5) is 11.4. The molecule has 0 heterocycles. The lowest BCUT2D eigenvalue weighted by Gasteiger charge is -2.24. The molecule has 0 aromatic heterocycles. The van der Waals surface area contributed by atoms with E-state index >= 15 is 0 Å². The number of carbonyl (C=O) groups is 1. The monoisotopic (exact) mass is 259 g/mol. The number of hydrogen-bond acceptors (Lipinski definition) is 4. The normalized spacial score (nSPS) is 11.0. The van der Waals surface area contributed by atoms with Gasteiger partial charge < -0.3 is 14.8 Å². The Kier molecular flexibility index (Phi) is 4.11. The fourth-order valence-electron chi connectivity index (χ4n) is 1.42. The molecule has 1 aromatic rings. The molecule has 0 saturated heterocycles. The van der Waals surface area contributed by atoms with E-state index in [1.165, 1.54) is 28.1 Å². The maximum absolute atomic E-state index is 13.7. The van der Waals surface area contributed by atoms with Crippen molar-refractivity contribution in [2.24, 2.45) is 0 Å². The van der Waals surface area contributed by atoms with Crippen molar-refractivity contribution >= 4 is 11.7 Å². The van der Waals surface area contributed by atoms with Gasteiger partial charge in [-0.2, -0.15) is 0 Å². The molecule has 0 fully saturated rings. The molecule has 0 amide bonds. The van der Waals surface area contributed by atoms with Crippen LogP contribution in [0.4, 0.5) is 14.5 Å². The molecule has 1 rings (SSSR count). The van der Waals surface area contributed by atoms with Gasteiger partial charge in [-0.15, -0.1) is 0 Å². The van der Waals surface area contributed by atoms with E-state index in [0.29, 0.717) is 0 Å². The molecule has 4 nitrogen and oxygen atoms in total. The third-order valence-electron chi connectivity index (χ3n) is 2.38. The highest BCUT2D eigenvalue weighted by Crippen LogP contribution is 2.27. The highest BCUT2D eigenvalue weighted by molar-refractivity contribution is 5.83. The largest absolute Gasteiger partial charge is 0.494 e. The van der Waals surface area contributed by atoms with E-state index in [0.717, 1.165) is 12.1 Å². The van der Waals surface area contributed by atoms with E-state index in [9.17, 15) is 13.6 Å². The summed E-state index contributed by atoms with van der Waals surface area (Å²) in [5.41, 5.74) is -1.31. The Bertz CT molecular complexity index is 461. The minimum absolute atomic E-state index is 0.135. The van der Waals surface area contributed by atoms with E-state index in [4.69, 9.17) is 0 Å². The SMILES string of the molecule is COC(=O)C(C)(C)Nc1cc(F)c(OC)cc1F. The van der Waals surface area contributed by atoms with Crippen LogP contribution in [0, 0.1) is 11.6 Å². The van der Waals surface area contributed by atoms with Crippen LogP contribution in [0.15, 0.2) is 12.1 Å². The van der Waals surface area contributed by atoms with Gasteiger partial charge in [0.2, 0.25) is 0 Å². The average Bonchev–Trinajstić information content (AvgIpc) is 2.31. The number of carbonyl (C=O) groups excluding carboxylic acids is 1. The van der Waals surface area contributed by atoms with Crippen LogP contribution in [-0.4, -0.2) is 25.7 Å². The van der Waals surface area contributed by atoms with Gasteiger partial charge in [-0.3, -0.25) is 0 Å². The van der Waals surface area contributed by atoms with Crippen molar-refractivity contribution in [1.82, 2.24) is 0 Å². The predicted octanol–water partition coefficient (Wildman–Crippen LogP) is 2.34. The first-order valence-electron chi connectivity index (χ1n) is 5.21. The lowest BCUT2D eigenvalue weighted by atomic mass is 10.1. The van der Waals surface area contributed by atoms with Gasteiger partial charge in [0.15, 0.2) is 11.6 Å². The first kappa shape index (κ1) is 14.2. The molecule has 0 unspecified atom stereocenters. The van der Waals surface area contributed by atoms with Gasteiger partial charge in [0.05, 0.1) is 19.9 Å². The standard InChI is InChI=1S/C12H15F2NO3/c1-12(2,11(16)18-4)15-9-5-8(14)10(17-3)6-7(9)13/h5-6,15H,1-4H3. The summed E-state index contributed by atoms with van der Waals surface area (Å²) in [5.74, 6) is -2.22. The Balaban J connectivity index is 3.05. The number of ether oxygens (including phenoxy) is 2.